The molecule has 0 radical (unpaired) electrons. The lowest BCUT2D eigenvalue weighted by Gasteiger charge is -2.04. The summed E-state index contributed by atoms with van der Waals surface area (Å²) in [7, 11) is -3.27. The highest BCUT2D eigenvalue weighted by Crippen LogP contribution is 2.37. The summed E-state index contributed by atoms with van der Waals surface area (Å²) >= 11 is 1.37. The molecule has 0 unspecified atom stereocenters. The Bertz CT molecular complexity index is 1050. The molecule has 0 atom stereocenters. The van der Waals surface area contributed by atoms with Gasteiger partial charge in [-0.2, -0.15) is 5.26 Å². The number of sulfone groups is 1. The van der Waals surface area contributed by atoms with E-state index in [1.165, 1.54) is 35.6 Å². The Balaban J connectivity index is 2.11. The molecule has 0 aliphatic carbocycles. The van der Waals surface area contributed by atoms with E-state index in [9.17, 15) is 12.8 Å². The monoisotopic (exact) mass is 372 g/mol. The quantitative estimate of drug-likeness (QED) is 0.692. The number of nitriles is 1. The van der Waals surface area contributed by atoms with Crippen LogP contribution < -0.4 is 0 Å². The zero-order chi connectivity index (χ0) is 18.0. The van der Waals surface area contributed by atoms with Gasteiger partial charge in [-0.3, -0.25) is 0 Å². The summed E-state index contributed by atoms with van der Waals surface area (Å²) in [6.45, 7) is 0. The average molecular weight is 372 g/mol. The van der Waals surface area contributed by atoms with Gasteiger partial charge in [0.2, 0.25) is 0 Å². The van der Waals surface area contributed by atoms with Crippen molar-refractivity contribution >= 4 is 21.2 Å². The second-order valence-corrected chi connectivity index (χ2v) is 8.52. The highest BCUT2D eigenvalue weighted by atomic mass is 32.2. The van der Waals surface area contributed by atoms with Crippen molar-refractivity contribution in [3.05, 3.63) is 59.4 Å². The zero-order valence-electron chi connectivity index (χ0n) is 13.2. The van der Waals surface area contributed by atoms with Crippen molar-refractivity contribution in [1.29, 1.82) is 5.26 Å². The molecule has 1 aromatic heterocycles. The number of thiazole rings is 1. The molecule has 0 fully saturated rings. The van der Waals surface area contributed by atoms with Gasteiger partial charge in [0.1, 0.15) is 10.8 Å². The minimum atomic E-state index is -3.27. The van der Waals surface area contributed by atoms with Crippen molar-refractivity contribution in [2.75, 3.05) is 6.26 Å². The summed E-state index contributed by atoms with van der Waals surface area (Å²) in [5, 5.41) is 9.58. The Morgan fingerprint density at radius 2 is 1.68 bits per heavy atom. The van der Waals surface area contributed by atoms with E-state index in [0.29, 0.717) is 10.7 Å². The fourth-order valence-electron chi connectivity index (χ4n) is 2.36. The van der Waals surface area contributed by atoms with Crippen LogP contribution >= 0.6 is 11.3 Å². The van der Waals surface area contributed by atoms with Crippen LogP contribution in [0, 0.1) is 17.1 Å². The largest absolute Gasteiger partial charge is 0.239 e. The maximum atomic E-state index is 13.2. The van der Waals surface area contributed by atoms with Crippen molar-refractivity contribution in [3.8, 4) is 27.8 Å². The van der Waals surface area contributed by atoms with Gasteiger partial charge >= 0.3 is 0 Å². The van der Waals surface area contributed by atoms with Gasteiger partial charge in [-0.1, -0.05) is 24.3 Å². The van der Waals surface area contributed by atoms with E-state index in [0.717, 1.165) is 22.3 Å². The Hall–Kier alpha value is -2.56. The molecule has 0 amide bonds. The molecule has 7 heteroatoms. The molecule has 3 aromatic rings. The van der Waals surface area contributed by atoms with Crippen LogP contribution in [0.3, 0.4) is 0 Å². The molecule has 0 spiro atoms. The van der Waals surface area contributed by atoms with E-state index in [4.69, 9.17) is 5.26 Å². The number of nitrogens with zero attached hydrogens (tertiary/aromatic N) is 2. The SMILES string of the molecule is CS(=O)(=O)c1ccc(-c2nc(CC#N)sc2-c2ccc(F)cc2)cc1. The van der Waals surface area contributed by atoms with Crippen LogP contribution in [0.15, 0.2) is 53.4 Å². The van der Waals surface area contributed by atoms with E-state index in [1.54, 1.807) is 24.3 Å². The van der Waals surface area contributed by atoms with Crippen molar-refractivity contribution in [2.24, 2.45) is 0 Å². The second kappa shape index (κ2) is 6.75. The third-order valence-corrected chi connectivity index (χ3v) is 5.80. The van der Waals surface area contributed by atoms with E-state index in [2.05, 4.69) is 11.1 Å². The average Bonchev–Trinajstić information content (AvgIpc) is 2.99. The van der Waals surface area contributed by atoms with Gasteiger partial charge in [0.25, 0.3) is 0 Å². The Kier molecular flexibility index (Phi) is 4.66. The smallest absolute Gasteiger partial charge is 0.175 e. The highest BCUT2D eigenvalue weighted by Gasteiger charge is 2.16. The van der Waals surface area contributed by atoms with Gasteiger partial charge in [-0.15, -0.1) is 11.3 Å². The third-order valence-electron chi connectivity index (χ3n) is 3.56. The van der Waals surface area contributed by atoms with Crippen LogP contribution in [-0.4, -0.2) is 19.7 Å². The van der Waals surface area contributed by atoms with Crippen molar-refractivity contribution in [3.63, 3.8) is 0 Å². The van der Waals surface area contributed by atoms with Crippen LogP contribution in [0.2, 0.25) is 0 Å². The van der Waals surface area contributed by atoms with Crippen LogP contribution in [0.25, 0.3) is 21.7 Å². The molecule has 0 bridgehead atoms. The summed E-state index contributed by atoms with van der Waals surface area (Å²) < 4.78 is 36.4. The first kappa shape index (κ1) is 17.3. The lowest BCUT2D eigenvalue weighted by atomic mass is 10.1. The predicted molar refractivity (Wildman–Crippen MR) is 95.4 cm³/mol. The number of halogens is 1. The maximum absolute atomic E-state index is 13.2. The Morgan fingerprint density at radius 1 is 1.08 bits per heavy atom. The standard InChI is InChI=1S/C18H13FN2O2S2/c1-25(22,23)15-8-4-12(5-9-15)17-18(24-16(21-17)10-11-20)13-2-6-14(19)7-3-13/h2-9H,10H2,1H3. The fourth-order valence-corrected chi connectivity index (χ4v) is 4.01. The lowest BCUT2D eigenvalue weighted by molar-refractivity contribution is 0.602. The topological polar surface area (TPSA) is 70.8 Å². The molecular formula is C18H13FN2O2S2. The van der Waals surface area contributed by atoms with Crippen LogP contribution in [0.1, 0.15) is 5.01 Å². The molecule has 126 valence electrons. The van der Waals surface area contributed by atoms with Crippen LogP contribution in [0.5, 0.6) is 0 Å². The summed E-state index contributed by atoms with van der Waals surface area (Å²) in [5.74, 6) is -0.329. The first-order chi connectivity index (χ1) is 11.9. The van der Waals surface area contributed by atoms with Crippen LogP contribution in [-0.2, 0) is 16.3 Å². The molecule has 1 heterocycles. The fraction of sp³-hybridized carbons (Fsp3) is 0.111. The van der Waals surface area contributed by atoms with Crippen LogP contribution in [0.4, 0.5) is 4.39 Å². The molecule has 4 nitrogen and oxygen atoms in total. The first-order valence-electron chi connectivity index (χ1n) is 7.31. The number of aromatic nitrogens is 1. The van der Waals surface area contributed by atoms with Gasteiger partial charge in [-0.25, -0.2) is 17.8 Å². The molecule has 0 saturated heterocycles. The van der Waals surface area contributed by atoms with Gasteiger partial charge in [0.05, 0.1) is 28.0 Å². The van der Waals surface area contributed by atoms with Gasteiger partial charge in [-0.05, 0) is 29.8 Å². The second-order valence-electron chi connectivity index (χ2n) is 5.42. The van der Waals surface area contributed by atoms with E-state index in [-0.39, 0.29) is 17.1 Å². The molecule has 0 aliphatic rings. The number of rotatable bonds is 4. The molecular weight excluding hydrogens is 359 g/mol. The zero-order valence-corrected chi connectivity index (χ0v) is 14.9. The lowest BCUT2D eigenvalue weighted by Crippen LogP contribution is -1.96. The van der Waals surface area contributed by atoms with E-state index < -0.39 is 9.84 Å². The summed E-state index contributed by atoms with van der Waals surface area (Å²) in [6, 6.07) is 14.6. The Morgan fingerprint density at radius 3 is 2.24 bits per heavy atom. The summed E-state index contributed by atoms with van der Waals surface area (Å²) in [6.07, 6.45) is 1.33. The molecule has 2 aromatic carbocycles. The maximum Gasteiger partial charge on any atom is 0.175 e. The number of benzene rings is 2. The van der Waals surface area contributed by atoms with Crippen molar-refractivity contribution in [1.82, 2.24) is 4.98 Å². The molecule has 0 aliphatic heterocycles. The molecule has 3 rings (SSSR count). The minimum Gasteiger partial charge on any atom is -0.239 e. The Labute approximate surface area is 149 Å². The van der Waals surface area contributed by atoms with E-state index in [1.807, 2.05) is 0 Å². The number of hydrogen-bond donors (Lipinski definition) is 0. The highest BCUT2D eigenvalue weighted by molar-refractivity contribution is 7.90. The molecule has 0 N–H and O–H groups in total. The predicted octanol–water partition coefficient (Wildman–Crippen LogP) is 4.09. The van der Waals surface area contributed by atoms with Gasteiger partial charge < -0.3 is 0 Å². The molecule has 0 saturated carbocycles. The van der Waals surface area contributed by atoms with Crippen molar-refractivity contribution in [2.45, 2.75) is 11.3 Å². The van der Waals surface area contributed by atoms with Gasteiger partial charge in [0, 0.05) is 11.8 Å². The minimum absolute atomic E-state index is 0.181. The summed E-state index contributed by atoms with van der Waals surface area (Å²) in [5.41, 5.74) is 2.19. The normalized spacial score (nSPS) is 11.2. The molecule has 25 heavy (non-hydrogen) atoms. The van der Waals surface area contributed by atoms with E-state index >= 15 is 0 Å². The van der Waals surface area contributed by atoms with Gasteiger partial charge in [0.15, 0.2) is 9.84 Å². The first-order valence-corrected chi connectivity index (χ1v) is 10.0. The summed E-state index contributed by atoms with van der Waals surface area (Å²) in [4.78, 5) is 5.56. The number of hydrogen-bond acceptors (Lipinski definition) is 5. The van der Waals surface area contributed by atoms with Crippen molar-refractivity contribution < 1.29 is 12.8 Å². The third kappa shape index (κ3) is 3.76.